The van der Waals surface area contributed by atoms with Crippen LogP contribution in [0.1, 0.15) is 19.8 Å². The van der Waals surface area contributed by atoms with Crippen molar-refractivity contribution < 1.29 is 23.5 Å². The van der Waals surface area contributed by atoms with Gasteiger partial charge in [-0.05, 0) is 6.42 Å². The van der Waals surface area contributed by atoms with Gasteiger partial charge in [0.2, 0.25) is 0 Å². The monoisotopic (exact) mass is 238 g/mol. The molecule has 0 aromatic heterocycles. The van der Waals surface area contributed by atoms with Gasteiger partial charge in [-0.25, -0.2) is 18.4 Å². The maximum atomic E-state index is 12.0. The molecule has 5 nitrogen and oxygen atoms in total. The summed E-state index contributed by atoms with van der Waals surface area (Å²) in [6.45, 7) is 1.05. The third-order valence-corrected chi connectivity index (χ3v) is 1.93. The number of carboxylic acid groups (broad SMARTS) is 1. The average Bonchev–Trinajstić information content (AvgIpc) is 2.15. The zero-order valence-corrected chi connectivity index (χ0v) is 9.24. The normalized spacial score (nSPS) is 12.3. The summed E-state index contributed by atoms with van der Waals surface area (Å²) in [5.74, 6) is -1.17. The number of urea groups is 1. The fourth-order valence-electron chi connectivity index (χ4n) is 1.10. The fourth-order valence-corrected chi connectivity index (χ4v) is 1.10. The molecule has 0 fully saturated rings. The van der Waals surface area contributed by atoms with Crippen molar-refractivity contribution in [3.8, 4) is 0 Å². The summed E-state index contributed by atoms with van der Waals surface area (Å²) in [5, 5.41) is 10.9. The molecule has 0 aromatic rings. The molecule has 0 aliphatic heterocycles. The van der Waals surface area contributed by atoms with Crippen LogP contribution in [0.25, 0.3) is 0 Å². The van der Waals surface area contributed by atoms with Crippen LogP contribution in [0.2, 0.25) is 0 Å². The quantitative estimate of drug-likeness (QED) is 0.729. The molecule has 0 aliphatic rings. The Morgan fingerprint density at radius 2 is 2.00 bits per heavy atom. The van der Waals surface area contributed by atoms with Crippen LogP contribution < -0.4 is 5.32 Å². The Balaban J connectivity index is 4.23. The van der Waals surface area contributed by atoms with Crippen molar-refractivity contribution in [3.63, 3.8) is 0 Å². The average molecular weight is 238 g/mol. The van der Waals surface area contributed by atoms with Crippen LogP contribution in [-0.2, 0) is 4.79 Å². The van der Waals surface area contributed by atoms with Gasteiger partial charge in [-0.15, -0.1) is 0 Å². The summed E-state index contributed by atoms with van der Waals surface area (Å²) in [4.78, 5) is 22.7. The highest BCUT2D eigenvalue weighted by Crippen LogP contribution is 2.00. The molecule has 0 saturated heterocycles. The second-order valence-electron chi connectivity index (χ2n) is 3.40. The van der Waals surface area contributed by atoms with Crippen molar-refractivity contribution in [2.75, 3.05) is 13.6 Å². The van der Waals surface area contributed by atoms with Gasteiger partial charge in [-0.2, -0.15) is 0 Å². The number of carbonyl (C=O) groups is 2. The highest BCUT2D eigenvalue weighted by Gasteiger charge is 2.21. The zero-order chi connectivity index (χ0) is 12.7. The maximum absolute atomic E-state index is 12.0. The maximum Gasteiger partial charge on any atom is 0.326 e. The molecule has 0 saturated carbocycles. The Hall–Kier alpha value is -1.40. The van der Waals surface area contributed by atoms with Crippen LogP contribution in [0.4, 0.5) is 13.6 Å². The summed E-state index contributed by atoms with van der Waals surface area (Å²) >= 11 is 0. The van der Waals surface area contributed by atoms with E-state index < -0.39 is 31.0 Å². The van der Waals surface area contributed by atoms with E-state index in [0.717, 1.165) is 4.90 Å². The predicted octanol–water partition coefficient (Wildman–Crippen LogP) is 1.15. The molecule has 0 bridgehead atoms. The van der Waals surface area contributed by atoms with Gasteiger partial charge >= 0.3 is 12.0 Å². The number of hydrogen-bond acceptors (Lipinski definition) is 2. The lowest BCUT2D eigenvalue weighted by Gasteiger charge is -2.20. The van der Waals surface area contributed by atoms with Crippen LogP contribution in [0.3, 0.4) is 0 Å². The third-order valence-electron chi connectivity index (χ3n) is 1.93. The van der Waals surface area contributed by atoms with Gasteiger partial charge in [-0.1, -0.05) is 13.3 Å². The van der Waals surface area contributed by atoms with E-state index in [-0.39, 0.29) is 6.42 Å². The van der Waals surface area contributed by atoms with Crippen molar-refractivity contribution >= 4 is 12.0 Å². The number of aliphatic carboxylic acids is 1. The number of alkyl halides is 2. The van der Waals surface area contributed by atoms with Gasteiger partial charge in [0.15, 0.2) is 0 Å². The van der Waals surface area contributed by atoms with Crippen LogP contribution in [0.5, 0.6) is 0 Å². The first-order valence-electron chi connectivity index (χ1n) is 4.91. The van der Waals surface area contributed by atoms with Gasteiger partial charge in [0.25, 0.3) is 6.43 Å². The number of amides is 2. The van der Waals surface area contributed by atoms with E-state index in [1.165, 1.54) is 7.05 Å². The molecule has 0 rings (SSSR count). The topological polar surface area (TPSA) is 69.6 Å². The van der Waals surface area contributed by atoms with Gasteiger partial charge in [-0.3, -0.25) is 0 Å². The molecule has 0 spiro atoms. The van der Waals surface area contributed by atoms with Crippen molar-refractivity contribution in [2.45, 2.75) is 32.2 Å². The Kier molecular flexibility index (Phi) is 6.36. The summed E-state index contributed by atoms with van der Waals surface area (Å²) < 4.78 is 23.9. The lowest BCUT2D eigenvalue weighted by molar-refractivity contribution is -0.139. The fraction of sp³-hybridized carbons (Fsp3) is 0.778. The number of hydrogen-bond donors (Lipinski definition) is 2. The van der Waals surface area contributed by atoms with Crippen molar-refractivity contribution in [1.82, 2.24) is 10.2 Å². The smallest absolute Gasteiger partial charge is 0.326 e. The molecule has 2 N–H and O–H groups in total. The molecule has 7 heteroatoms. The summed E-state index contributed by atoms with van der Waals surface area (Å²) in [7, 11) is 1.19. The highest BCUT2D eigenvalue weighted by molar-refractivity contribution is 5.82. The van der Waals surface area contributed by atoms with E-state index >= 15 is 0 Å². The second kappa shape index (κ2) is 6.97. The number of nitrogens with one attached hydrogen (secondary N) is 1. The molecule has 0 unspecified atom stereocenters. The highest BCUT2D eigenvalue weighted by atomic mass is 19.3. The van der Waals surface area contributed by atoms with Crippen LogP contribution in [0, 0.1) is 0 Å². The predicted molar refractivity (Wildman–Crippen MR) is 53.5 cm³/mol. The minimum absolute atomic E-state index is 0.267. The van der Waals surface area contributed by atoms with Crippen LogP contribution >= 0.6 is 0 Å². The molecule has 0 radical (unpaired) electrons. The van der Waals surface area contributed by atoms with Crippen molar-refractivity contribution in [3.05, 3.63) is 0 Å². The molecule has 1 atom stereocenters. The molecular formula is C9H16F2N2O3. The molecule has 94 valence electrons. The van der Waals surface area contributed by atoms with E-state index in [1.807, 2.05) is 0 Å². The molecule has 0 aliphatic carbocycles. The first-order valence-corrected chi connectivity index (χ1v) is 4.91. The Morgan fingerprint density at radius 1 is 1.44 bits per heavy atom. The largest absolute Gasteiger partial charge is 0.480 e. The van der Waals surface area contributed by atoms with E-state index in [0.29, 0.717) is 6.42 Å². The van der Waals surface area contributed by atoms with Gasteiger partial charge in [0.1, 0.15) is 6.04 Å². The summed E-state index contributed by atoms with van der Waals surface area (Å²) in [6.07, 6.45) is -1.79. The lowest BCUT2D eigenvalue weighted by Crippen LogP contribution is -2.47. The van der Waals surface area contributed by atoms with E-state index in [1.54, 1.807) is 6.92 Å². The SMILES string of the molecule is CCC[C@@H](NC(=O)N(C)CC(F)F)C(=O)O. The summed E-state index contributed by atoms with van der Waals surface area (Å²) in [6, 6.07) is -1.83. The summed E-state index contributed by atoms with van der Waals surface area (Å²) in [5.41, 5.74) is 0. The van der Waals surface area contributed by atoms with E-state index in [9.17, 15) is 18.4 Å². The number of halogens is 2. The van der Waals surface area contributed by atoms with E-state index in [2.05, 4.69) is 5.32 Å². The Labute approximate surface area is 92.4 Å². The first-order chi connectivity index (χ1) is 7.38. The molecule has 2 amide bonds. The minimum Gasteiger partial charge on any atom is -0.480 e. The number of carbonyl (C=O) groups excluding carboxylic acids is 1. The molecule has 16 heavy (non-hydrogen) atoms. The minimum atomic E-state index is -2.63. The van der Waals surface area contributed by atoms with Gasteiger partial charge in [0.05, 0.1) is 6.54 Å². The standard InChI is InChI=1S/C9H16F2N2O3/c1-3-4-6(8(14)15)12-9(16)13(2)5-7(10)11/h6-7H,3-5H2,1-2H3,(H,12,16)(H,14,15)/t6-/m1/s1. The lowest BCUT2D eigenvalue weighted by atomic mass is 10.2. The van der Waals surface area contributed by atoms with Crippen molar-refractivity contribution in [2.24, 2.45) is 0 Å². The Morgan fingerprint density at radius 3 is 2.38 bits per heavy atom. The first kappa shape index (κ1) is 14.6. The van der Waals surface area contributed by atoms with Gasteiger partial charge < -0.3 is 15.3 Å². The third kappa shape index (κ3) is 5.47. The molecular weight excluding hydrogens is 222 g/mol. The zero-order valence-electron chi connectivity index (χ0n) is 9.24. The second-order valence-corrected chi connectivity index (χ2v) is 3.40. The van der Waals surface area contributed by atoms with Crippen LogP contribution in [0.15, 0.2) is 0 Å². The van der Waals surface area contributed by atoms with Gasteiger partial charge in [0, 0.05) is 7.05 Å². The number of carboxylic acids is 1. The Bertz CT molecular complexity index is 249. The van der Waals surface area contributed by atoms with E-state index in [4.69, 9.17) is 5.11 Å². The number of rotatable bonds is 6. The number of nitrogens with zero attached hydrogens (tertiary/aromatic N) is 1. The van der Waals surface area contributed by atoms with Crippen LogP contribution in [-0.4, -0.2) is 48.1 Å². The molecule has 0 heterocycles. The molecule has 0 aromatic carbocycles. The van der Waals surface area contributed by atoms with Crippen molar-refractivity contribution in [1.29, 1.82) is 0 Å².